The first kappa shape index (κ1) is 15.8. The van der Waals surface area contributed by atoms with Gasteiger partial charge < -0.3 is 9.84 Å². The van der Waals surface area contributed by atoms with Crippen molar-refractivity contribution in [2.75, 3.05) is 26.3 Å². The third-order valence-corrected chi connectivity index (χ3v) is 4.81. The molecule has 0 aromatic carbocycles. The van der Waals surface area contributed by atoms with E-state index in [4.69, 9.17) is 4.74 Å². The molecule has 1 heterocycles. The maximum absolute atomic E-state index is 11.4. The lowest BCUT2D eigenvalue weighted by molar-refractivity contribution is -0.143. The Labute approximate surface area is 122 Å². The summed E-state index contributed by atoms with van der Waals surface area (Å²) in [5, 5.41) is 9.34. The van der Waals surface area contributed by atoms with Crippen LogP contribution >= 0.6 is 0 Å². The van der Waals surface area contributed by atoms with Crippen molar-refractivity contribution in [2.45, 2.75) is 57.9 Å². The van der Waals surface area contributed by atoms with E-state index in [-0.39, 0.29) is 12.0 Å². The predicted molar refractivity (Wildman–Crippen MR) is 78.8 cm³/mol. The fourth-order valence-corrected chi connectivity index (χ4v) is 3.70. The number of carboxylic acids is 1. The Hall–Kier alpha value is -0.610. The average Bonchev–Trinajstić information content (AvgIpc) is 2.78. The van der Waals surface area contributed by atoms with Gasteiger partial charge in [-0.05, 0) is 31.7 Å². The molecule has 1 aliphatic heterocycles. The molecule has 1 aliphatic carbocycles. The second-order valence-electron chi connectivity index (χ2n) is 6.40. The first-order chi connectivity index (χ1) is 9.72. The predicted octanol–water partition coefficient (Wildman–Crippen LogP) is 2.77. The van der Waals surface area contributed by atoms with Gasteiger partial charge in [-0.3, -0.25) is 9.69 Å². The van der Waals surface area contributed by atoms with Crippen LogP contribution in [0.4, 0.5) is 0 Å². The van der Waals surface area contributed by atoms with Gasteiger partial charge in [0.15, 0.2) is 0 Å². The molecule has 0 spiro atoms. The van der Waals surface area contributed by atoms with E-state index in [0.29, 0.717) is 13.2 Å². The van der Waals surface area contributed by atoms with Crippen molar-refractivity contribution in [3.63, 3.8) is 0 Å². The van der Waals surface area contributed by atoms with Gasteiger partial charge in [0.1, 0.15) is 0 Å². The minimum absolute atomic E-state index is 0.0794. The summed E-state index contributed by atoms with van der Waals surface area (Å²) in [4.78, 5) is 13.8. The topological polar surface area (TPSA) is 49.8 Å². The van der Waals surface area contributed by atoms with E-state index in [1.54, 1.807) is 0 Å². The number of nitrogens with zero attached hydrogens (tertiary/aromatic N) is 1. The van der Waals surface area contributed by atoms with Crippen LogP contribution in [0.3, 0.4) is 0 Å². The molecular weight excluding hydrogens is 254 g/mol. The zero-order valence-electron chi connectivity index (χ0n) is 12.7. The van der Waals surface area contributed by atoms with Crippen molar-refractivity contribution >= 4 is 5.97 Å². The van der Waals surface area contributed by atoms with E-state index in [2.05, 4.69) is 11.8 Å². The van der Waals surface area contributed by atoms with Crippen LogP contribution in [0.15, 0.2) is 0 Å². The van der Waals surface area contributed by atoms with Gasteiger partial charge in [0.2, 0.25) is 0 Å². The third kappa shape index (κ3) is 4.19. The fourth-order valence-electron chi connectivity index (χ4n) is 3.70. The number of hydrogen-bond donors (Lipinski definition) is 1. The summed E-state index contributed by atoms with van der Waals surface area (Å²) in [6, 6.07) is 0.0794. The molecule has 2 aliphatic rings. The van der Waals surface area contributed by atoms with Crippen LogP contribution in [0.25, 0.3) is 0 Å². The summed E-state index contributed by atoms with van der Waals surface area (Å²) < 4.78 is 5.45. The summed E-state index contributed by atoms with van der Waals surface area (Å²) in [5.74, 6) is -0.291. The summed E-state index contributed by atoms with van der Waals surface area (Å²) in [5.41, 5.74) is 0. The number of rotatable bonds is 6. The lowest BCUT2D eigenvalue weighted by Crippen LogP contribution is -2.45. The van der Waals surface area contributed by atoms with Crippen LogP contribution < -0.4 is 0 Å². The highest BCUT2D eigenvalue weighted by Gasteiger charge is 2.38. The van der Waals surface area contributed by atoms with E-state index < -0.39 is 5.97 Å². The number of carbonyl (C=O) groups is 1. The smallest absolute Gasteiger partial charge is 0.310 e. The SMILES string of the molecule is CCCN(CC1CCCCCC1)C1COCC1C(=O)O. The van der Waals surface area contributed by atoms with E-state index in [9.17, 15) is 9.90 Å². The second-order valence-corrected chi connectivity index (χ2v) is 6.40. The molecule has 116 valence electrons. The molecule has 0 aromatic rings. The number of ether oxygens (including phenoxy) is 1. The standard InChI is InChI=1S/C16H29NO3/c1-2-9-17(10-13-7-5-3-4-6-8-13)15-12-20-11-14(15)16(18)19/h13-15H,2-12H2,1H3,(H,18,19). The lowest BCUT2D eigenvalue weighted by Gasteiger charge is -2.33. The van der Waals surface area contributed by atoms with Crippen LogP contribution in [-0.2, 0) is 9.53 Å². The maximum Gasteiger partial charge on any atom is 0.310 e. The fraction of sp³-hybridized carbons (Fsp3) is 0.938. The summed E-state index contributed by atoms with van der Waals surface area (Å²) in [7, 11) is 0. The zero-order chi connectivity index (χ0) is 14.4. The van der Waals surface area contributed by atoms with Gasteiger partial charge in [-0.15, -0.1) is 0 Å². The van der Waals surface area contributed by atoms with E-state index >= 15 is 0 Å². The second kappa shape index (κ2) is 7.99. The summed E-state index contributed by atoms with van der Waals surface area (Å²) >= 11 is 0. The average molecular weight is 283 g/mol. The van der Waals surface area contributed by atoms with Gasteiger partial charge in [0.05, 0.1) is 19.1 Å². The van der Waals surface area contributed by atoms with E-state index in [1.807, 2.05) is 0 Å². The highest BCUT2D eigenvalue weighted by Crippen LogP contribution is 2.27. The van der Waals surface area contributed by atoms with Gasteiger partial charge >= 0.3 is 5.97 Å². The van der Waals surface area contributed by atoms with Gasteiger partial charge in [0, 0.05) is 12.6 Å². The quantitative estimate of drug-likeness (QED) is 0.762. The highest BCUT2D eigenvalue weighted by molar-refractivity contribution is 5.71. The van der Waals surface area contributed by atoms with Crippen LogP contribution in [0, 0.1) is 11.8 Å². The van der Waals surface area contributed by atoms with Crippen molar-refractivity contribution in [1.29, 1.82) is 0 Å². The Morgan fingerprint density at radius 3 is 2.50 bits per heavy atom. The number of hydrogen-bond acceptors (Lipinski definition) is 3. The first-order valence-corrected chi connectivity index (χ1v) is 8.27. The Bertz CT molecular complexity index is 300. The molecule has 0 aromatic heterocycles. The molecule has 0 amide bonds. The normalized spacial score (nSPS) is 28.7. The molecule has 2 atom stereocenters. The largest absolute Gasteiger partial charge is 0.481 e. The van der Waals surface area contributed by atoms with Crippen molar-refractivity contribution < 1.29 is 14.6 Å². The van der Waals surface area contributed by atoms with Crippen molar-refractivity contribution in [1.82, 2.24) is 4.90 Å². The van der Waals surface area contributed by atoms with Gasteiger partial charge in [-0.1, -0.05) is 32.6 Å². The van der Waals surface area contributed by atoms with Crippen molar-refractivity contribution in [2.24, 2.45) is 11.8 Å². The molecule has 2 unspecified atom stereocenters. The minimum atomic E-state index is -0.700. The van der Waals surface area contributed by atoms with E-state index in [0.717, 1.165) is 25.4 Å². The molecule has 2 rings (SSSR count). The molecule has 0 radical (unpaired) electrons. The van der Waals surface area contributed by atoms with Gasteiger partial charge in [-0.25, -0.2) is 0 Å². The minimum Gasteiger partial charge on any atom is -0.481 e. The maximum atomic E-state index is 11.4. The molecular formula is C16H29NO3. The molecule has 20 heavy (non-hydrogen) atoms. The van der Waals surface area contributed by atoms with Gasteiger partial charge in [-0.2, -0.15) is 0 Å². The molecule has 2 fully saturated rings. The highest BCUT2D eigenvalue weighted by atomic mass is 16.5. The first-order valence-electron chi connectivity index (χ1n) is 8.27. The van der Waals surface area contributed by atoms with Crippen LogP contribution in [0.5, 0.6) is 0 Å². The Morgan fingerprint density at radius 2 is 1.90 bits per heavy atom. The van der Waals surface area contributed by atoms with Crippen LogP contribution in [0.1, 0.15) is 51.9 Å². The Balaban J connectivity index is 1.96. The number of aliphatic carboxylic acids is 1. The summed E-state index contributed by atoms with van der Waals surface area (Å²) in [6.45, 7) is 5.19. The molecule has 0 bridgehead atoms. The Kier molecular flexibility index (Phi) is 6.30. The molecule has 4 nitrogen and oxygen atoms in total. The van der Waals surface area contributed by atoms with Crippen LogP contribution in [0.2, 0.25) is 0 Å². The number of carboxylic acid groups (broad SMARTS) is 1. The molecule has 1 saturated heterocycles. The molecule has 4 heteroatoms. The zero-order valence-corrected chi connectivity index (χ0v) is 12.7. The lowest BCUT2D eigenvalue weighted by atomic mass is 9.96. The van der Waals surface area contributed by atoms with Crippen molar-refractivity contribution in [3.05, 3.63) is 0 Å². The van der Waals surface area contributed by atoms with Gasteiger partial charge in [0.25, 0.3) is 0 Å². The monoisotopic (exact) mass is 283 g/mol. The third-order valence-electron chi connectivity index (χ3n) is 4.81. The molecule has 1 saturated carbocycles. The van der Waals surface area contributed by atoms with Crippen molar-refractivity contribution in [3.8, 4) is 0 Å². The van der Waals surface area contributed by atoms with Crippen LogP contribution in [-0.4, -0.2) is 48.3 Å². The Morgan fingerprint density at radius 1 is 1.20 bits per heavy atom. The molecule has 1 N–H and O–H groups in total. The summed E-state index contributed by atoms with van der Waals surface area (Å²) in [6.07, 6.45) is 9.12. The van der Waals surface area contributed by atoms with E-state index in [1.165, 1.54) is 38.5 Å².